The molecule has 5 rings (SSSR count). The zero-order valence-electron chi connectivity index (χ0n) is 25.1. The van der Waals surface area contributed by atoms with E-state index in [1.165, 1.54) is 40.5 Å². The minimum atomic E-state index is -0.217. The summed E-state index contributed by atoms with van der Waals surface area (Å²) >= 11 is 0. The van der Waals surface area contributed by atoms with E-state index >= 15 is 0 Å². The minimum Gasteiger partial charge on any atom is -0.469 e. The molecule has 0 spiro atoms. The monoisotopic (exact) mass is 536 g/mol. The molecule has 0 amide bonds. The van der Waals surface area contributed by atoms with Crippen molar-refractivity contribution in [2.75, 3.05) is 7.11 Å². The Morgan fingerprint density at radius 3 is 1.70 bits per heavy atom. The van der Waals surface area contributed by atoms with Gasteiger partial charge in [-0.05, 0) is 122 Å². The Morgan fingerprint density at radius 2 is 1.18 bits per heavy atom. The number of ether oxygens (including phenoxy) is 1. The summed E-state index contributed by atoms with van der Waals surface area (Å²) in [5.74, 6) is -0.217. The van der Waals surface area contributed by atoms with Crippen molar-refractivity contribution < 1.29 is 9.53 Å². The number of methoxy groups -OCH3 is 1. The molecule has 3 aromatic heterocycles. The van der Waals surface area contributed by atoms with E-state index in [1.54, 1.807) is 0 Å². The molecule has 0 atom stereocenters. The molecule has 0 saturated heterocycles. The van der Waals surface area contributed by atoms with Crippen LogP contribution in [0, 0.1) is 13.8 Å². The van der Waals surface area contributed by atoms with E-state index in [0.29, 0.717) is 12.8 Å². The molecule has 0 radical (unpaired) electrons. The predicted molar refractivity (Wildman–Crippen MR) is 166 cm³/mol. The largest absolute Gasteiger partial charge is 0.469 e. The molecule has 40 heavy (non-hydrogen) atoms. The van der Waals surface area contributed by atoms with Crippen molar-refractivity contribution in [2.24, 2.45) is 0 Å². The number of H-pyrrole nitrogens is 2. The molecule has 3 aromatic rings. The maximum Gasteiger partial charge on any atom is 0.305 e. The summed E-state index contributed by atoms with van der Waals surface area (Å²) in [4.78, 5) is 29.7. The average molecular weight is 537 g/mol. The first kappa shape index (κ1) is 27.6. The van der Waals surface area contributed by atoms with Gasteiger partial charge in [0.1, 0.15) is 0 Å². The number of nitrogens with one attached hydrogen (secondary N) is 2. The van der Waals surface area contributed by atoms with Crippen LogP contribution in [0.2, 0.25) is 0 Å². The number of aromatic nitrogens is 4. The van der Waals surface area contributed by atoms with Gasteiger partial charge in [-0.1, -0.05) is 20.8 Å². The van der Waals surface area contributed by atoms with Crippen LogP contribution in [0.25, 0.3) is 44.4 Å². The fraction of sp³-hybridized carbons (Fsp3) is 0.382. The molecule has 0 saturated carbocycles. The van der Waals surface area contributed by atoms with Gasteiger partial charge >= 0.3 is 5.97 Å². The molecule has 0 aliphatic carbocycles. The lowest BCUT2D eigenvalue weighted by Gasteiger charge is -2.04. The van der Waals surface area contributed by atoms with Crippen molar-refractivity contribution in [3.05, 3.63) is 69.3 Å². The van der Waals surface area contributed by atoms with Crippen LogP contribution in [0.3, 0.4) is 0 Å². The zero-order valence-corrected chi connectivity index (χ0v) is 25.1. The third kappa shape index (κ3) is 4.70. The van der Waals surface area contributed by atoms with Gasteiger partial charge in [0.25, 0.3) is 0 Å². The molecule has 0 unspecified atom stereocenters. The SMILES string of the molecule is CCC1=C(C)c2cc3[nH]c(cc4[nH]c(cc5nc(cc1n2)C(C)=C5CCC(=O)OC)c(C)c4CC)c(CC)c3C. The molecule has 6 nitrogen and oxygen atoms in total. The fourth-order valence-electron chi connectivity index (χ4n) is 6.22. The van der Waals surface area contributed by atoms with Gasteiger partial charge in [0.15, 0.2) is 0 Å². The Morgan fingerprint density at radius 1 is 0.675 bits per heavy atom. The van der Waals surface area contributed by atoms with E-state index in [0.717, 1.165) is 75.3 Å². The number of carbonyl (C=O) groups is 1. The Labute approximate surface area is 236 Å². The van der Waals surface area contributed by atoms with Gasteiger partial charge < -0.3 is 14.7 Å². The number of rotatable bonds is 6. The fourth-order valence-corrected chi connectivity index (χ4v) is 6.22. The lowest BCUT2D eigenvalue weighted by Crippen LogP contribution is -2.00. The topological polar surface area (TPSA) is 83.7 Å². The summed E-state index contributed by atoms with van der Waals surface area (Å²) in [6.07, 6.45) is 3.63. The maximum atomic E-state index is 12.1. The second kappa shape index (κ2) is 10.9. The highest BCUT2D eigenvalue weighted by Gasteiger charge is 2.21. The minimum absolute atomic E-state index is 0.217. The number of carbonyl (C=O) groups excluding carboxylic acids is 1. The van der Waals surface area contributed by atoms with Crippen molar-refractivity contribution >= 4 is 50.3 Å². The summed E-state index contributed by atoms with van der Waals surface area (Å²) in [5.41, 5.74) is 17.8. The highest BCUT2D eigenvalue weighted by molar-refractivity contribution is 5.96. The van der Waals surface area contributed by atoms with Gasteiger partial charge in [-0.25, -0.2) is 9.97 Å². The van der Waals surface area contributed by atoms with Gasteiger partial charge in [-0.2, -0.15) is 0 Å². The molecule has 6 heteroatoms. The van der Waals surface area contributed by atoms with Crippen LogP contribution in [0.1, 0.15) is 98.9 Å². The molecular formula is C34H40N4O2. The molecule has 208 valence electrons. The quantitative estimate of drug-likeness (QED) is 0.311. The first-order valence-electron chi connectivity index (χ1n) is 14.4. The van der Waals surface area contributed by atoms with Gasteiger partial charge in [0.2, 0.25) is 0 Å². The average Bonchev–Trinajstić information content (AvgIpc) is 3.60. The van der Waals surface area contributed by atoms with Crippen LogP contribution in [0.4, 0.5) is 0 Å². The summed E-state index contributed by atoms with van der Waals surface area (Å²) in [5, 5.41) is 0. The Balaban J connectivity index is 1.92. The second-order valence-corrected chi connectivity index (χ2v) is 10.8. The van der Waals surface area contributed by atoms with Crippen molar-refractivity contribution in [1.82, 2.24) is 19.9 Å². The summed E-state index contributed by atoms with van der Waals surface area (Å²) < 4.78 is 4.95. The van der Waals surface area contributed by atoms with Crippen LogP contribution in [-0.2, 0) is 22.4 Å². The number of nitrogens with zero attached hydrogens (tertiary/aromatic N) is 2. The highest BCUT2D eigenvalue weighted by Crippen LogP contribution is 2.37. The van der Waals surface area contributed by atoms with E-state index in [1.807, 2.05) is 0 Å². The summed E-state index contributed by atoms with van der Waals surface area (Å²) in [6.45, 7) is 15.2. The number of fused-ring (bicyclic) bond motifs is 8. The molecule has 0 fully saturated rings. The second-order valence-electron chi connectivity index (χ2n) is 10.8. The number of aromatic amines is 2. The third-order valence-corrected chi connectivity index (χ3v) is 8.67. The molecule has 2 aliphatic rings. The Kier molecular flexibility index (Phi) is 7.54. The van der Waals surface area contributed by atoms with E-state index in [2.05, 4.69) is 82.7 Å². The van der Waals surface area contributed by atoms with Gasteiger partial charge in [0.05, 0.1) is 29.9 Å². The van der Waals surface area contributed by atoms with Crippen molar-refractivity contribution in [3.63, 3.8) is 0 Å². The predicted octanol–water partition coefficient (Wildman–Crippen LogP) is 8.28. The number of allylic oxidation sites excluding steroid dienone is 4. The van der Waals surface area contributed by atoms with E-state index < -0.39 is 0 Å². The first-order chi connectivity index (χ1) is 19.2. The van der Waals surface area contributed by atoms with E-state index in [4.69, 9.17) is 14.7 Å². The van der Waals surface area contributed by atoms with Crippen molar-refractivity contribution in [1.29, 1.82) is 0 Å². The number of aryl methyl sites for hydroxylation is 4. The van der Waals surface area contributed by atoms with Gasteiger partial charge in [0, 0.05) is 28.5 Å². The van der Waals surface area contributed by atoms with Crippen LogP contribution in [0.5, 0.6) is 0 Å². The van der Waals surface area contributed by atoms with Crippen molar-refractivity contribution in [2.45, 2.75) is 80.6 Å². The van der Waals surface area contributed by atoms with E-state index in [-0.39, 0.29) is 5.97 Å². The summed E-state index contributed by atoms with van der Waals surface area (Å²) in [6, 6.07) is 8.71. The number of hydrogen-bond donors (Lipinski definition) is 2. The zero-order chi connectivity index (χ0) is 28.7. The lowest BCUT2D eigenvalue weighted by molar-refractivity contribution is -0.140. The molecule has 0 aromatic carbocycles. The smallest absolute Gasteiger partial charge is 0.305 e. The Bertz CT molecular complexity index is 1750. The van der Waals surface area contributed by atoms with Gasteiger partial charge in [-0.15, -0.1) is 0 Å². The highest BCUT2D eigenvalue weighted by atomic mass is 16.5. The summed E-state index contributed by atoms with van der Waals surface area (Å²) in [7, 11) is 1.44. The van der Waals surface area contributed by atoms with Crippen molar-refractivity contribution in [3.8, 4) is 0 Å². The van der Waals surface area contributed by atoms with Crippen LogP contribution in [0.15, 0.2) is 24.3 Å². The normalized spacial score (nSPS) is 13.4. The lowest BCUT2D eigenvalue weighted by atomic mass is 10.00. The third-order valence-electron chi connectivity index (χ3n) is 8.67. The molecular weight excluding hydrogens is 496 g/mol. The molecule has 2 aliphatic heterocycles. The standard InChI is InChI=1S/C34H40N4O2/c1-9-22-18(4)26-14-27-19(5)23(10-2)31(36-27)17-32-24(11-3)20(6)28(37-32)16-33-25(12-13-34(39)40-8)21(7)29(38-33)15-30(22)35-26/h14-17,36-37H,9-13H2,1-8H3. The molecule has 2 N–H and O–H groups in total. The van der Waals surface area contributed by atoms with Crippen LogP contribution in [-0.4, -0.2) is 33.0 Å². The number of hydrogen-bond acceptors (Lipinski definition) is 4. The molecule has 5 heterocycles. The van der Waals surface area contributed by atoms with Gasteiger partial charge in [-0.3, -0.25) is 4.79 Å². The number of esters is 1. The first-order valence-corrected chi connectivity index (χ1v) is 14.4. The van der Waals surface area contributed by atoms with Crippen LogP contribution >= 0.6 is 0 Å². The maximum absolute atomic E-state index is 12.1. The van der Waals surface area contributed by atoms with Crippen LogP contribution < -0.4 is 0 Å². The molecule has 8 bridgehead atoms. The van der Waals surface area contributed by atoms with E-state index in [9.17, 15) is 4.79 Å². The Hall–Kier alpha value is -3.93.